The van der Waals surface area contributed by atoms with Crippen molar-refractivity contribution >= 4 is 0 Å². The highest BCUT2D eigenvalue weighted by molar-refractivity contribution is 4.80. The second-order valence-corrected chi connectivity index (χ2v) is 13.3. The van der Waals surface area contributed by atoms with Crippen LogP contribution in [-0.4, -0.2) is 37.3 Å². The van der Waals surface area contributed by atoms with Crippen molar-refractivity contribution in [2.75, 3.05) is 13.1 Å². The van der Waals surface area contributed by atoms with E-state index in [1.54, 1.807) is 0 Å². The highest BCUT2D eigenvalue weighted by Crippen LogP contribution is 2.26. The molecule has 0 radical (unpaired) electrons. The van der Waals surface area contributed by atoms with Gasteiger partial charge in [0.05, 0.1) is 0 Å². The van der Waals surface area contributed by atoms with Crippen LogP contribution < -0.4 is 16.0 Å². The first-order chi connectivity index (χ1) is 17.1. The van der Waals surface area contributed by atoms with E-state index in [4.69, 9.17) is 0 Å². The maximum Gasteiger partial charge on any atom is 0.00698 e. The van der Waals surface area contributed by atoms with Gasteiger partial charge >= 0.3 is 0 Å². The van der Waals surface area contributed by atoms with E-state index in [0.717, 1.165) is 41.9 Å². The fourth-order valence-corrected chi connectivity index (χ4v) is 7.00. The lowest BCUT2D eigenvalue weighted by molar-refractivity contribution is 0.270. The molecule has 0 amide bonds. The summed E-state index contributed by atoms with van der Waals surface area (Å²) in [4.78, 5) is 0. The summed E-state index contributed by atoms with van der Waals surface area (Å²) in [6.07, 6.45) is 28.2. The van der Waals surface area contributed by atoms with E-state index in [1.165, 1.54) is 142 Å². The Balaban J connectivity index is 1.25. The van der Waals surface area contributed by atoms with Crippen molar-refractivity contribution in [3.05, 3.63) is 0 Å². The van der Waals surface area contributed by atoms with Crippen molar-refractivity contribution in [1.82, 2.24) is 16.0 Å². The van der Waals surface area contributed by atoms with Gasteiger partial charge in [0, 0.05) is 24.2 Å². The molecule has 0 spiro atoms. The second-order valence-electron chi connectivity index (χ2n) is 13.3. The molecule has 3 N–H and O–H groups in total. The topological polar surface area (TPSA) is 36.1 Å². The lowest BCUT2D eigenvalue weighted by Gasteiger charge is -2.31. The molecule has 35 heavy (non-hydrogen) atoms. The maximum absolute atomic E-state index is 4.14. The largest absolute Gasteiger partial charge is 0.314 e. The number of unbranched alkanes of at least 4 members (excludes halogenated alkanes) is 4. The molecular formula is C32H63N3. The van der Waals surface area contributed by atoms with Gasteiger partial charge in [-0.25, -0.2) is 0 Å². The zero-order valence-corrected chi connectivity index (χ0v) is 24.1. The first-order valence-corrected chi connectivity index (χ1v) is 16.3. The van der Waals surface area contributed by atoms with Crippen LogP contribution in [-0.2, 0) is 0 Å². The van der Waals surface area contributed by atoms with E-state index in [0.29, 0.717) is 0 Å². The molecule has 0 aliphatic heterocycles. The van der Waals surface area contributed by atoms with Crippen LogP contribution in [0, 0.1) is 17.8 Å². The number of hydrogen-bond donors (Lipinski definition) is 3. The fourth-order valence-electron chi connectivity index (χ4n) is 7.00. The molecule has 3 aliphatic rings. The summed E-state index contributed by atoms with van der Waals surface area (Å²) in [5.74, 6) is 2.87. The van der Waals surface area contributed by atoms with Gasteiger partial charge in [0.25, 0.3) is 0 Å². The summed E-state index contributed by atoms with van der Waals surface area (Å²) >= 11 is 0. The Labute approximate surface area is 220 Å². The molecule has 206 valence electrons. The standard InChI is InChI=1S/C32H63N3/c1-26-12-18-29(19-13-26)33-24-8-4-6-10-31(35-32-22-16-28(3)17-23-32)11-7-5-9-25-34-30-20-14-27(2)15-21-30/h26-35H,4-25H2,1-3H3. The highest BCUT2D eigenvalue weighted by Gasteiger charge is 2.21. The van der Waals surface area contributed by atoms with Crippen LogP contribution in [0.3, 0.4) is 0 Å². The predicted molar refractivity (Wildman–Crippen MR) is 154 cm³/mol. The van der Waals surface area contributed by atoms with Crippen molar-refractivity contribution in [3.63, 3.8) is 0 Å². The maximum atomic E-state index is 4.14. The summed E-state index contributed by atoms with van der Waals surface area (Å²) in [6, 6.07) is 3.17. The van der Waals surface area contributed by atoms with E-state index in [2.05, 4.69) is 36.7 Å². The number of hydrogen-bond acceptors (Lipinski definition) is 3. The van der Waals surface area contributed by atoms with Crippen LogP contribution in [0.25, 0.3) is 0 Å². The molecule has 3 heteroatoms. The Morgan fingerprint density at radius 3 is 1.23 bits per heavy atom. The molecule has 0 saturated heterocycles. The lowest BCUT2D eigenvalue weighted by Crippen LogP contribution is -2.40. The molecule has 0 bridgehead atoms. The summed E-state index contributed by atoms with van der Waals surface area (Å²) < 4.78 is 0. The van der Waals surface area contributed by atoms with Gasteiger partial charge in [0.15, 0.2) is 0 Å². The van der Waals surface area contributed by atoms with E-state index in [9.17, 15) is 0 Å². The van der Waals surface area contributed by atoms with Crippen LogP contribution in [0.15, 0.2) is 0 Å². The van der Waals surface area contributed by atoms with Gasteiger partial charge in [-0.15, -0.1) is 0 Å². The number of rotatable bonds is 16. The van der Waals surface area contributed by atoms with Gasteiger partial charge in [-0.1, -0.05) is 46.5 Å². The summed E-state index contributed by atoms with van der Waals surface area (Å²) in [6.45, 7) is 9.76. The van der Waals surface area contributed by atoms with Crippen molar-refractivity contribution in [2.24, 2.45) is 17.8 Å². The zero-order chi connectivity index (χ0) is 24.7. The van der Waals surface area contributed by atoms with Crippen LogP contribution >= 0.6 is 0 Å². The molecule has 0 aromatic heterocycles. The van der Waals surface area contributed by atoms with Crippen LogP contribution in [0.2, 0.25) is 0 Å². The van der Waals surface area contributed by atoms with Crippen molar-refractivity contribution in [2.45, 2.75) is 173 Å². The predicted octanol–water partition coefficient (Wildman–Crippen LogP) is 7.98. The van der Waals surface area contributed by atoms with Gasteiger partial charge in [-0.05, 0) is 134 Å². The smallest absolute Gasteiger partial charge is 0.00698 e. The highest BCUT2D eigenvalue weighted by atomic mass is 15.0. The van der Waals surface area contributed by atoms with E-state index >= 15 is 0 Å². The third-order valence-corrected chi connectivity index (χ3v) is 9.84. The Hall–Kier alpha value is -0.120. The molecule has 3 aliphatic carbocycles. The minimum Gasteiger partial charge on any atom is -0.314 e. The van der Waals surface area contributed by atoms with Crippen molar-refractivity contribution in [3.8, 4) is 0 Å². The van der Waals surface area contributed by atoms with Gasteiger partial charge in [0.1, 0.15) is 0 Å². The van der Waals surface area contributed by atoms with Crippen molar-refractivity contribution < 1.29 is 0 Å². The summed E-state index contributed by atoms with van der Waals surface area (Å²) in [7, 11) is 0. The Bertz CT molecular complexity index is 465. The summed E-state index contributed by atoms with van der Waals surface area (Å²) in [5, 5.41) is 11.9. The molecular weight excluding hydrogens is 426 g/mol. The minimum atomic E-state index is 0.758. The molecule has 3 rings (SSSR count). The average Bonchev–Trinajstić information content (AvgIpc) is 2.86. The van der Waals surface area contributed by atoms with Gasteiger partial charge in [-0.2, -0.15) is 0 Å². The molecule has 3 nitrogen and oxygen atoms in total. The van der Waals surface area contributed by atoms with Gasteiger partial charge in [0.2, 0.25) is 0 Å². The SMILES string of the molecule is CC1CCC(NCCCCCC(CCCCCNC2CCC(C)CC2)NC2CCC(C)CC2)CC1. The monoisotopic (exact) mass is 490 g/mol. The molecule has 3 fully saturated rings. The fraction of sp³-hybridized carbons (Fsp3) is 1.00. The van der Waals surface area contributed by atoms with E-state index in [1.807, 2.05) is 0 Å². The first kappa shape index (κ1) is 29.4. The van der Waals surface area contributed by atoms with Crippen molar-refractivity contribution in [1.29, 1.82) is 0 Å². The molecule has 0 aromatic carbocycles. The molecule has 0 atom stereocenters. The molecule has 0 heterocycles. The van der Waals surface area contributed by atoms with Crippen LogP contribution in [0.4, 0.5) is 0 Å². The Kier molecular flexibility index (Phi) is 14.6. The van der Waals surface area contributed by atoms with Gasteiger partial charge in [-0.3, -0.25) is 0 Å². The average molecular weight is 490 g/mol. The molecule has 3 saturated carbocycles. The van der Waals surface area contributed by atoms with Gasteiger partial charge < -0.3 is 16.0 Å². The van der Waals surface area contributed by atoms with Crippen LogP contribution in [0.5, 0.6) is 0 Å². The quantitative estimate of drug-likeness (QED) is 0.192. The van der Waals surface area contributed by atoms with Crippen LogP contribution in [0.1, 0.15) is 149 Å². The Morgan fingerprint density at radius 2 is 0.829 bits per heavy atom. The Morgan fingerprint density at radius 1 is 0.457 bits per heavy atom. The van der Waals surface area contributed by atoms with E-state index < -0.39 is 0 Å². The second kappa shape index (κ2) is 17.4. The first-order valence-electron chi connectivity index (χ1n) is 16.3. The van der Waals surface area contributed by atoms with E-state index in [-0.39, 0.29) is 0 Å². The third-order valence-electron chi connectivity index (χ3n) is 9.84. The lowest BCUT2D eigenvalue weighted by atomic mass is 9.86. The zero-order valence-electron chi connectivity index (χ0n) is 24.1. The minimum absolute atomic E-state index is 0.758. The molecule has 0 unspecified atom stereocenters. The molecule has 0 aromatic rings. The normalized spacial score (nSPS) is 33.0. The third kappa shape index (κ3) is 12.8. The summed E-state index contributed by atoms with van der Waals surface area (Å²) in [5.41, 5.74) is 0. The number of nitrogens with one attached hydrogen (secondary N) is 3.